The van der Waals surface area contributed by atoms with Crippen LogP contribution in [0.2, 0.25) is 0 Å². The van der Waals surface area contributed by atoms with Gasteiger partial charge in [-0.1, -0.05) is 36.4 Å². The first kappa shape index (κ1) is 35.4. The van der Waals surface area contributed by atoms with Crippen molar-refractivity contribution in [3.8, 4) is 0 Å². The average Bonchev–Trinajstić information content (AvgIpc) is 3.09. The standard InChI is InChI=1S/C35H42F2N4O6S/c1-23-21-38-22-27(41(23)48(44,45)28-7-4-3-5-8-28)15-16-29-30(37)9-6-10-31(29)39-34(42)33(40-35(43)46-2)32(25-17-19-47-20-18-25)24-11-13-26(36)14-12-24/h3-14,23,25,27,32-33,38H,15-22H2,1-2H3,(H,39,42)(H,40,43). The van der Waals surface area contributed by atoms with E-state index >= 15 is 4.39 Å². The summed E-state index contributed by atoms with van der Waals surface area (Å²) in [5.74, 6) is -2.26. The molecule has 2 aliphatic heterocycles. The summed E-state index contributed by atoms with van der Waals surface area (Å²) in [6.07, 6.45) is 0.787. The zero-order chi connectivity index (χ0) is 34.3. The third-order valence-corrected chi connectivity index (χ3v) is 11.2. The number of hydrogen-bond acceptors (Lipinski definition) is 7. The second-order valence-corrected chi connectivity index (χ2v) is 14.1. The van der Waals surface area contributed by atoms with Gasteiger partial charge in [0.2, 0.25) is 15.9 Å². The highest BCUT2D eigenvalue weighted by Gasteiger charge is 2.39. The Kier molecular flexibility index (Phi) is 11.8. The van der Waals surface area contributed by atoms with Crippen molar-refractivity contribution in [1.29, 1.82) is 0 Å². The topological polar surface area (TPSA) is 126 Å². The van der Waals surface area contributed by atoms with Gasteiger partial charge in [-0.2, -0.15) is 4.31 Å². The van der Waals surface area contributed by atoms with Crippen LogP contribution in [-0.4, -0.2) is 76.3 Å². The van der Waals surface area contributed by atoms with Gasteiger partial charge in [-0.3, -0.25) is 4.79 Å². The smallest absolute Gasteiger partial charge is 0.407 e. The number of rotatable bonds is 11. The molecule has 2 amide bonds. The molecule has 0 aromatic heterocycles. The van der Waals surface area contributed by atoms with Crippen LogP contribution in [0.5, 0.6) is 0 Å². The molecule has 3 N–H and O–H groups in total. The van der Waals surface area contributed by atoms with Crippen LogP contribution in [0.25, 0.3) is 0 Å². The predicted octanol–water partition coefficient (Wildman–Crippen LogP) is 4.82. The summed E-state index contributed by atoms with van der Waals surface area (Å²) in [7, 11) is -2.64. The molecule has 4 atom stereocenters. The summed E-state index contributed by atoms with van der Waals surface area (Å²) in [5.41, 5.74) is 1.07. The van der Waals surface area contributed by atoms with Gasteiger partial charge < -0.3 is 25.4 Å². The van der Waals surface area contributed by atoms with Crippen LogP contribution in [0.15, 0.2) is 77.7 Å². The lowest BCUT2D eigenvalue weighted by Crippen LogP contribution is -2.58. The largest absolute Gasteiger partial charge is 0.453 e. The molecule has 3 aromatic carbocycles. The molecule has 48 heavy (non-hydrogen) atoms. The number of hydrogen-bond donors (Lipinski definition) is 3. The molecule has 0 aliphatic carbocycles. The molecular formula is C35H42F2N4O6S. The van der Waals surface area contributed by atoms with Crippen LogP contribution in [0.1, 0.15) is 43.2 Å². The Morgan fingerprint density at radius 3 is 2.40 bits per heavy atom. The molecule has 13 heteroatoms. The van der Waals surface area contributed by atoms with E-state index in [1.165, 1.54) is 35.7 Å². The number of alkyl carbamates (subject to hydrolysis) is 1. The first-order valence-electron chi connectivity index (χ1n) is 16.2. The van der Waals surface area contributed by atoms with Gasteiger partial charge >= 0.3 is 6.09 Å². The van der Waals surface area contributed by atoms with Crippen LogP contribution in [0.4, 0.5) is 19.3 Å². The Bertz CT molecular complexity index is 1660. The minimum Gasteiger partial charge on any atom is -0.453 e. The van der Waals surface area contributed by atoms with E-state index < -0.39 is 51.7 Å². The number of nitrogens with one attached hydrogen (secondary N) is 3. The zero-order valence-corrected chi connectivity index (χ0v) is 27.8. The molecule has 5 rings (SSSR count). The SMILES string of the molecule is COC(=O)NC(C(=O)Nc1cccc(F)c1CCC1CNCC(C)N1S(=O)(=O)c1ccccc1)C(c1ccc(F)cc1)C1CCOCC1. The van der Waals surface area contributed by atoms with E-state index in [0.717, 1.165) is 0 Å². The number of nitrogens with zero attached hydrogens (tertiary/aromatic N) is 1. The Morgan fingerprint density at radius 1 is 1.00 bits per heavy atom. The third kappa shape index (κ3) is 8.20. The first-order valence-corrected chi connectivity index (χ1v) is 17.6. The summed E-state index contributed by atoms with van der Waals surface area (Å²) in [5, 5.41) is 8.80. The van der Waals surface area contributed by atoms with Crippen LogP contribution in [0.3, 0.4) is 0 Å². The second-order valence-electron chi connectivity index (χ2n) is 12.2. The Labute approximate surface area is 280 Å². The van der Waals surface area contributed by atoms with Crippen molar-refractivity contribution in [3.05, 3.63) is 95.6 Å². The van der Waals surface area contributed by atoms with E-state index in [2.05, 4.69) is 16.0 Å². The van der Waals surface area contributed by atoms with E-state index in [1.54, 1.807) is 48.5 Å². The number of halogens is 2. The van der Waals surface area contributed by atoms with Crippen LogP contribution in [-0.2, 0) is 30.7 Å². The van der Waals surface area contributed by atoms with Crippen molar-refractivity contribution in [2.24, 2.45) is 5.92 Å². The molecule has 258 valence electrons. The predicted molar refractivity (Wildman–Crippen MR) is 177 cm³/mol. The molecular weight excluding hydrogens is 642 g/mol. The normalized spacial score (nSPS) is 20.4. The quantitative estimate of drug-likeness (QED) is 0.265. The van der Waals surface area contributed by atoms with Gasteiger partial charge in [-0.15, -0.1) is 0 Å². The lowest BCUT2D eigenvalue weighted by Gasteiger charge is -2.40. The maximum absolute atomic E-state index is 15.5. The van der Waals surface area contributed by atoms with Crippen molar-refractivity contribution in [2.75, 3.05) is 38.7 Å². The van der Waals surface area contributed by atoms with Crippen LogP contribution < -0.4 is 16.0 Å². The Balaban J connectivity index is 1.42. The highest BCUT2D eigenvalue weighted by atomic mass is 32.2. The average molecular weight is 685 g/mol. The number of carbonyl (C=O) groups is 2. The lowest BCUT2D eigenvalue weighted by molar-refractivity contribution is -0.119. The molecule has 0 spiro atoms. The number of anilines is 1. The number of amides is 2. The monoisotopic (exact) mass is 684 g/mol. The maximum atomic E-state index is 15.5. The van der Waals surface area contributed by atoms with E-state index in [0.29, 0.717) is 44.7 Å². The van der Waals surface area contributed by atoms with Gasteiger partial charge in [0, 0.05) is 55.6 Å². The highest BCUT2D eigenvalue weighted by Crippen LogP contribution is 2.36. The number of methoxy groups -OCH3 is 1. The number of benzene rings is 3. The molecule has 4 unspecified atom stereocenters. The van der Waals surface area contributed by atoms with Crippen molar-refractivity contribution >= 4 is 27.7 Å². The fraction of sp³-hybridized carbons (Fsp3) is 0.429. The maximum Gasteiger partial charge on any atom is 0.407 e. The molecule has 2 saturated heterocycles. The van der Waals surface area contributed by atoms with E-state index in [1.807, 2.05) is 6.92 Å². The molecule has 2 heterocycles. The van der Waals surface area contributed by atoms with Gasteiger partial charge in [-0.05, 0) is 80.5 Å². The van der Waals surface area contributed by atoms with E-state index in [-0.39, 0.29) is 40.9 Å². The number of sulfonamides is 1. The number of ether oxygens (including phenoxy) is 2. The van der Waals surface area contributed by atoms with E-state index in [9.17, 15) is 22.4 Å². The summed E-state index contributed by atoms with van der Waals surface area (Å²) in [6.45, 7) is 3.62. The molecule has 2 fully saturated rings. The number of piperazine rings is 1. The summed E-state index contributed by atoms with van der Waals surface area (Å²) in [4.78, 5) is 26.9. The molecule has 0 saturated carbocycles. The fourth-order valence-corrected chi connectivity index (χ4v) is 8.69. The van der Waals surface area contributed by atoms with Gasteiger partial charge in [0.05, 0.1) is 12.0 Å². The number of carbonyl (C=O) groups excluding carboxylic acids is 2. The van der Waals surface area contributed by atoms with Gasteiger partial charge in [0.15, 0.2) is 0 Å². The third-order valence-electron chi connectivity index (χ3n) is 9.17. The molecule has 2 aliphatic rings. The van der Waals surface area contributed by atoms with Crippen molar-refractivity contribution in [2.45, 2.75) is 61.5 Å². The van der Waals surface area contributed by atoms with Gasteiger partial charge in [-0.25, -0.2) is 22.0 Å². The fourth-order valence-electron chi connectivity index (χ4n) is 6.83. The van der Waals surface area contributed by atoms with E-state index in [4.69, 9.17) is 9.47 Å². The second kappa shape index (κ2) is 16.0. The molecule has 3 aromatic rings. The van der Waals surface area contributed by atoms with Crippen LogP contribution in [0, 0.1) is 17.6 Å². The van der Waals surface area contributed by atoms with Crippen molar-refractivity contribution in [1.82, 2.24) is 14.9 Å². The lowest BCUT2D eigenvalue weighted by atomic mass is 9.76. The zero-order valence-electron chi connectivity index (χ0n) is 27.0. The minimum absolute atomic E-state index is 0.0950. The summed E-state index contributed by atoms with van der Waals surface area (Å²) >= 11 is 0. The first-order chi connectivity index (χ1) is 23.1. The minimum atomic E-state index is -3.83. The Hall–Kier alpha value is -3.91. The Morgan fingerprint density at radius 2 is 1.71 bits per heavy atom. The molecule has 10 nitrogen and oxygen atoms in total. The summed E-state index contributed by atoms with van der Waals surface area (Å²) < 4.78 is 68.8. The molecule has 0 radical (unpaired) electrons. The van der Waals surface area contributed by atoms with Crippen molar-refractivity contribution < 1.29 is 36.3 Å². The highest BCUT2D eigenvalue weighted by molar-refractivity contribution is 7.89. The van der Waals surface area contributed by atoms with Crippen LogP contribution >= 0.6 is 0 Å². The van der Waals surface area contributed by atoms with Gasteiger partial charge in [0.25, 0.3) is 0 Å². The summed E-state index contributed by atoms with van der Waals surface area (Å²) in [6, 6.07) is 16.4. The molecule has 0 bridgehead atoms. The van der Waals surface area contributed by atoms with Gasteiger partial charge in [0.1, 0.15) is 17.7 Å². The van der Waals surface area contributed by atoms with Crippen molar-refractivity contribution in [3.63, 3.8) is 0 Å².